The molecule has 0 saturated heterocycles. The van der Waals surface area contributed by atoms with Gasteiger partial charge in [0.05, 0.1) is 0 Å². The third-order valence-electron chi connectivity index (χ3n) is 0.335. The van der Waals surface area contributed by atoms with Crippen LogP contribution in [-0.2, 0) is 0 Å². The summed E-state index contributed by atoms with van der Waals surface area (Å²) in [6, 6.07) is 0. The Hall–Kier alpha value is 1.11. The largest absolute Gasteiger partial charge is 3.00 e. The van der Waals surface area contributed by atoms with Gasteiger partial charge in [-0.25, -0.2) is 5.26 Å². The Morgan fingerprint density at radius 3 is 1.10 bits per heavy atom. The van der Waals surface area contributed by atoms with Gasteiger partial charge in [-0.15, -0.1) is 0 Å². The molecule has 0 aromatic carbocycles. The molecule has 0 fully saturated rings. The molecule has 6 heteroatoms. The van der Waals surface area contributed by atoms with Gasteiger partial charge in [0.25, 0.3) is 0 Å². The van der Waals surface area contributed by atoms with Crippen LogP contribution < -0.4 is 37.2 Å². The Bertz CT molecular complexity index is 87.5. The fraction of sp³-hybridized carbons (Fsp3) is 0.750. The van der Waals surface area contributed by atoms with Gasteiger partial charge in [0.1, 0.15) is 0 Å². The second-order valence-electron chi connectivity index (χ2n) is 2.36. The Kier molecular flexibility index (Phi) is 38.8. The summed E-state index contributed by atoms with van der Waals surface area (Å²) in [5.74, 6) is 0. The molecule has 0 atom stereocenters. The van der Waals surface area contributed by atoms with Gasteiger partial charge in [0.15, 0.2) is 8.07 Å². The van der Waals surface area contributed by atoms with Crippen molar-refractivity contribution in [3.63, 3.8) is 0 Å². The minimum Gasteiger partial charge on any atom is -1.00 e. The topological polar surface area (TPSA) is 23.8 Å². The zero-order valence-corrected chi connectivity index (χ0v) is 10.6. The zero-order chi connectivity index (χ0) is 5.21. The van der Waals surface area contributed by atoms with E-state index in [0.717, 1.165) is 0 Å². The molecule has 0 aliphatic rings. The van der Waals surface area contributed by atoms with E-state index in [9.17, 15) is 0 Å². The average Bonchev–Trinajstić information content (AvgIpc) is 1.35. The van der Waals surface area contributed by atoms with Crippen LogP contribution in [0.25, 0.3) is 0 Å². The van der Waals surface area contributed by atoms with Crippen molar-refractivity contribution in [2.75, 3.05) is 0 Å². The number of hydrogen-bond donors (Lipinski definition) is 0. The normalized spacial score (nSPS) is 6.20. The molecule has 58 valence electrons. The molecule has 0 aliphatic carbocycles. The standard InChI is InChI=1S/C4H9NSi.Al.3ClH/c1-6(2,3)4-5;;;;/h1-3H3;;3*1H/q;+3;;;/p-3. The molecular weight excluding hydrogens is 223 g/mol. The van der Waals surface area contributed by atoms with Crippen LogP contribution in [0.4, 0.5) is 0 Å². The van der Waals surface area contributed by atoms with Gasteiger partial charge < -0.3 is 37.2 Å². The maximum Gasteiger partial charge on any atom is 3.00 e. The molecule has 0 rings (SSSR count). The van der Waals surface area contributed by atoms with E-state index < -0.39 is 8.07 Å². The van der Waals surface area contributed by atoms with Gasteiger partial charge >= 0.3 is 17.4 Å². The fourth-order valence-corrected chi connectivity index (χ4v) is 0. The van der Waals surface area contributed by atoms with E-state index in [-0.39, 0.29) is 54.6 Å². The summed E-state index contributed by atoms with van der Waals surface area (Å²) in [7, 11) is -1.33. The minimum absolute atomic E-state index is 0. The van der Waals surface area contributed by atoms with Crippen molar-refractivity contribution in [1.82, 2.24) is 0 Å². The van der Waals surface area contributed by atoms with Crippen LogP contribution in [0, 0.1) is 11.0 Å². The van der Waals surface area contributed by atoms with Gasteiger partial charge in [0, 0.05) is 5.69 Å². The zero-order valence-electron chi connectivity index (χ0n) is 6.16. The van der Waals surface area contributed by atoms with Crippen molar-refractivity contribution in [2.24, 2.45) is 0 Å². The second-order valence-corrected chi connectivity index (χ2v) is 7.09. The molecule has 0 bridgehead atoms. The van der Waals surface area contributed by atoms with E-state index in [1.54, 1.807) is 0 Å². The van der Waals surface area contributed by atoms with Crippen molar-refractivity contribution < 1.29 is 37.2 Å². The molecule has 0 amide bonds. The van der Waals surface area contributed by atoms with Gasteiger partial charge in [-0.1, -0.05) is 19.6 Å². The smallest absolute Gasteiger partial charge is 1.00 e. The first-order valence-corrected chi connectivity index (χ1v) is 5.47. The number of nitrogens with zero attached hydrogens (tertiary/aromatic N) is 1. The van der Waals surface area contributed by atoms with E-state index >= 15 is 0 Å². The van der Waals surface area contributed by atoms with Crippen molar-refractivity contribution in [2.45, 2.75) is 19.6 Å². The molecule has 1 nitrogen and oxygen atoms in total. The first kappa shape index (κ1) is 30.4. The van der Waals surface area contributed by atoms with Crippen LogP contribution in [0.15, 0.2) is 0 Å². The number of hydrogen-bond acceptors (Lipinski definition) is 1. The van der Waals surface area contributed by atoms with Crippen molar-refractivity contribution in [3.8, 4) is 5.69 Å². The molecule has 0 unspecified atom stereocenters. The van der Waals surface area contributed by atoms with E-state index in [2.05, 4.69) is 5.69 Å². The van der Waals surface area contributed by atoms with Crippen LogP contribution in [-0.4, -0.2) is 25.4 Å². The summed E-state index contributed by atoms with van der Waals surface area (Å²) < 4.78 is 0. The van der Waals surface area contributed by atoms with E-state index in [4.69, 9.17) is 5.26 Å². The number of halogens is 3. The first-order valence-electron chi connectivity index (χ1n) is 1.97. The third-order valence-corrected chi connectivity index (χ3v) is 1.01. The summed E-state index contributed by atoms with van der Waals surface area (Å²) in [5.41, 5.74) is 2.24. The molecule has 0 aliphatic heterocycles. The molecule has 10 heavy (non-hydrogen) atoms. The number of rotatable bonds is 0. The Labute approximate surface area is 92.9 Å². The summed E-state index contributed by atoms with van der Waals surface area (Å²) >= 11 is 0. The predicted molar refractivity (Wildman–Crippen MR) is 34.7 cm³/mol. The average molecular weight is 233 g/mol. The van der Waals surface area contributed by atoms with Crippen LogP contribution >= 0.6 is 0 Å². The molecular formula is C4H9AlCl3NSi. The molecule has 0 heterocycles. The summed E-state index contributed by atoms with van der Waals surface area (Å²) in [5, 5.41) is 8.21. The quantitative estimate of drug-likeness (QED) is 0.381. The second kappa shape index (κ2) is 12.8. The molecule has 0 saturated carbocycles. The SMILES string of the molecule is C[Si](C)(C)C#N.[Al+3].[Cl-].[Cl-].[Cl-]. The van der Waals surface area contributed by atoms with E-state index in [1.807, 2.05) is 19.6 Å². The molecule has 0 aromatic rings. The predicted octanol–water partition coefficient (Wildman–Crippen LogP) is -7.98. The molecule has 0 N–H and O–H groups in total. The van der Waals surface area contributed by atoms with Crippen molar-refractivity contribution in [1.29, 1.82) is 5.26 Å². The summed E-state index contributed by atoms with van der Waals surface area (Å²) in [6.07, 6.45) is 0. The van der Waals surface area contributed by atoms with Crippen LogP contribution in [0.3, 0.4) is 0 Å². The summed E-state index contributed by atoms with van der Waals surface area (Å²) in [6.45, 7) is 6.06. The van der Waals surface area contributed by atoms with Gasteiger partial charge in [0.2, 0.25) is 0 Å². The van der Waals surface area contributed by atoms with Gasteiger partial charge in [-0.3, -0.25) is 0 Å². The Morgan fingerprint density at radius 2 is 1.10 bits per heavy atom. The fourth-order valence-electron chi connectivity index (χ4n) is 0. The maximum absolute atomic E-state index is 8.21. The van der Waals surface area contributed by atoms with Crippen LogP contribution in [0.1, 0.15) is 0 Å². The molecule has 0 spiro atoms. The minimum atomic E-state index is -1.33. The maximum atomic E-state index is 8.21. The van der Waals surface area contributed by atoms with Crippen LogP contribution in [0.5, 0.6) is 0 Å². The van der Waals surface area contributed by atoms with Gasteiger partial charge in [-0.05, 0) is 0 Å². The summed E-state index contributed by atoms with van der Waals surface area (Å²) in [4.78, 5) is 0. The van der Waals surface area contributed by atoms with Crippen LogP contribution in [0.2, 0.25) is 19.6 Å². The van der Waals surface area contributed by atoms with Gasteiger partial charge in [-0.2, -0.15) is 0 Å². The van der Waals surface area contributed by atoms with Crippen molar-refractivity contribution in [3.05, 3.63) is 0 Å². The van der Waals surface area contributed by atoms with E-state index in [1.165, 1.54) is 0 Å². The Balaban J connectivity index is -0.0000000208. The number of nitriles is 1. The Morgan fingerprint density at radius 1 is 1.00 bits per heavy atom. The third kappa shape index (κ3) is 35.5. The molecule has 0 radical (unpaired) electrons. The first-order chi connectivity index (χ1) is 2.56. The van der Waals surface area contributed by atoms with E-state index in [0.29, 0.717) is 0 Å². The van der Waals surface area contributed by atoms with Crippen molar-refractivity contribution >= 4 is 25.4 Å². The monoisotopic (exact) mass is 231 g/mol. The molecule has 0 aromatic heterocycles.